The quantitative estimate of drug-likeness (QED) is 0.438. The summed E-state index contributed by atoms with van der Waals surface area (Å²) in [6.07, 6.45) is 0.377. The van der Waals surface area contributed by atoms with Crippen LogP contribution in [-0.2, 0) is 22.6 Å². The maximum Gasteiger partial charge on any atom is 0.261 e. The number of ether oxygens (including phenoxy) is 2. The molecule has 3 aromatic carbocycles. The van der Waals surface area contributed by atoms with Crippen LogP contribution in [0.1, 0.15) is 18.1 Å². The van der Waals surface area contributed by atoms with Gasteiger partial charge in [0.15, 0.2) is 6.61 Å². The smallest absolute Gasteiger partial charge is 0.261 e. The number of nitrogens with one attached hydrogen (secondary N) is 1. The molecule has 0 saturated heterocycles. The van der Waals surface area contributed by atoms with E-state index in [9.17, 15) is 9.59 Å². The Bertz CT molecular complexity index is 1070. The first-order valence-corrected chi connectivity index (χ1v) is 11.5. The second-order valence-corrected chi connectivity index (χ2v) is 8.15. The van der Waals surface area contributed by atoms with Gasteiger partial charge < -0.3 is 19.7 Å². The van der Waals surface area contributed by atoms with Crippen LogP contribution < -0.4 is 14.8 Å². The monoisotopic (exact) mass is 480 g/mol. The van der Waals surface area contributed by atoms with Crippen molar-refractivity contribution >= 4 is 23.4 Å². The molecule has 0 radical (unpaired) electrons. The predicted molar refractivity (Wildman–Crippen MR) is 133 cm³/mol. The fraction of sp³-hybridized carbons (Fsp3) is 0.259. The van der Waals surface area contributed by atoms with E-state index in [2.05, 4.69) is 5.32 Å². The van der Waals surface area contributed by atoms with Gasteiger partial charge in [0.25, 0.3) is 5.91 Å². The molecule has 0 aliphatic carbocycles. The van der Waals surface area contributed by atoms with Gasteiger partial charge in [0.2, 0.25) is 5.91 Å². The molecule has 0 saturated carbocycles. The summed E-state index contributed by atoms with van der Waals surface area (Å²) in [7, 11) is 1.58. The number of amides is 2. The lowest BCUT2D eigenvalue weighted by Crippen LogP contribution is -2.51. The number of carbonyl (C=O) groups is 2. The maximum absolute atomic E-state index is 13.4. The molecule has 3 aromatic rings. The second-order valence-electron chi connectivity index (χ2n) is 7.72. The summed E-state index contributed by atoms with van der Waals surface area (Å²) in [5, 5.41) is 3.44. The van der Waals surface area contributed by atoms with Gasteiger partial charge >= 0.3 is 0 Å². The molecule has 0 fully saturated rings. The summed E-state index contributed by atoms with van der Waals surface area (Å²) in [6.45, 7) is 2.33. The van der Waals surface area contributed by atoms with Gasteiger partial charge in [-0.25, -0.2) is 0 Å². The number of likely N-dealkylation sites (N-methyl/N-ethyl adjacent to an activating group) is 1. The Morgan fingerprint density at radius 1 is 0.941 bits per heavy atom. The van der Waals surface area contributed by atoms with Crippen molar-refractivity contribution in [3.8, 4) is 11.5 Å². The molecule has 1 atom stereocenters. The number of benzene rings is 3. The Morgan fingerprint density at radius 2 is 1.62 bits per heavy atom. The lowest BCUT2D eigenvalue weighted by atomic mass is 10.0. The van der Waals surface area contributed by atoms with Gasteiger partial charge in [-0.05, 0) is 54.4 Å². The lowest BCUT2D eigenvalue weighted by Gasteiger charge is -2.31. The Hall–Kier alpha value is -3.51. The van der Waals surface area contributed by atoms with Crippen molar-refractivity contribution in [2.45, 2.75) is 25.9 Å². The summed E-state index contributed by atoms with van der Waals surface area (Å²) < 4.78 is 10.9. The highest BCUT2D eigenvalue weighted by Crippen LogP contribution is 2.20. The van der Waals surface area contributed by atoms with E-state index in [1.165, 1.54) is 0 Å². The van der Waals surface area contributed by atoms with Crippen LogP contribution in [0.4, 0.5) is 0 Å². The first kappa shape index (κ1) is 25.1. The SMILES string of the molecule is CCNC(=O)[C@H](Cc1ccccc1)N(Cc1cccc(Cl)c1)C(=O)COc1ccc(OC)cc1. The van der Waals surface area contributed by atoms with E-state index in [0.29, 0.717) is 29.5 Å². The number of hydrogen-bond donors (Lipinski definition) is 1. The van der Waals surface area contributed by atoms with Crippen molar-refractivity contribution in [2.24, 2.45) is 0 Å². The first-order chi connectivity index (χ1) is 16.5. The Morgan fingerprint density at radius 3 is 2.26 bits per heavy atom. The van der Waals surface area contributed by atoms with E-state index in [1.807, 2.05) is 49.4 Å². The van der Waals surface area contributed by atoms with Crippen molar-refractivity contribution in [1.82, 2.24) is 10.2 Å². The Labute approximate surface area is 205 Å². The zero-order chi connectivity index (χ0) is 24.3. The van der Waals surface area contributed by atoms with Crippen LogP contribution in [0.5, 0.6) is 11.5 Å². The number of hydrogen-bond acceptors (Lipinski definition) is 4. The first-order valence-electron chi connectivity index (χ1n) is 11.1. The Kier molecular flexibility index (Phi) is 9.35. The third-order valence-electron chi connectivity index (χ3n) is 5.29. The van der Waals surface area contributed by atoms with Gasteiger partial charge in [-0.2, -0.15) is 0 Å². The van der Waals surface area contributed by atoms with Crippen molar-refractivity contribution in [2.75, 3.05) is 20.3 Å². The maximum atomic E-state index is 13.4. The summed E-state index contributed by atoms with van der Waals surface area (Å²) >= 11 is 6.18. The molecule has 0 spiro atoms. The molecule has 0 aliphatic heterocycles. The minimum Gasteiger partial charge on any atom is -0.497 e. The third-order valence-corrected chi connectivity index (χ3v) is 5.52. The van der Waals surface area contributed by atoms with E-state index in [4.69, 9.17) is 21.1 Å². The number of carbonyl (C=O) groups excluding carboxylic acids is 2. The number of halogens is 1. The minimum absolute atomic E-state index is 0.211. The molecule has 3 rings (SSSR count). The van der Waals surface area contributed by atoms with E-state index in [-0.39, 0.29) is 25.0 Å². The fourth-order valence-corrected chi connectivity index (χ4v) is 3.79. The molecule has 0 heterocycles. The molecule has 0 aliphatic rings. The van der Waals surface area contributed by atoms with Gasteiger partial charge in [0, 0.05) is 24.5 Å². The molecule has 7 heteroatoms. The van der Waals surface area contributed by atoms with Gasteiger partial charge in [0.05, 0.1) is 7.11 Å². The normalized spacial score (nSPS) is 11.4. The van der Waals surface area contributed by atoms with E-state index >= 15 is 0 Å². The fourth-order valence-electron chi connectivity index (χ4n) is 3.58. The van der Waals surface area contributed by atoms with E-state index in [0.717, 1.165) is 11.1 Å². The molecular formula is C27H29ClN2O4. The van der Waals surface area contributed by atoms with Crippen molar-refractivity contribution in [1.29, 1.82) is 0 Å². The van der Waals surface area contributed by atoms with Gasteiger partial charge in [-0.15, -0.1) is 0 Å². The van der Waals surface area contributed by atoms with Crippen LogP contribution in [0.3, 0.4) is 0 Å². The molecule has 0 bridgehead atoms. The highest BCUT2D eigenvalue weighted by molar-refractivity contribution is 6.30. The third kappa shape index (κ3) is 7.25. The average Bonchev–Trinajstić information content (AvgIpc) is 2.85. The average molecular weight is 481 g/mol. The van der Waals surface area contributed by atoms with Crippen LogP contribution in [0.25, 0.3) is 0 Å². The van der Waals surface area contributed by atoms with E-state index < -0.39 is 6.04 Å². The van der Waals surface area contributed by atoms with E-state index in [1.54, 1.807) is 48.4 Å². The predicted octanol–water partition coefficient (Wildman–Crippen LogP) is 4.50. The lowest BCUT2D eigenvalue weighted by molar-refractivity contribution is -0.142. The molecule has 1 N–H and O–H groups in total. The van der Waals surface area contributed by atoms with Crippen LogP contribution in [0.2, 0.25) is 5.02 Å². The summed E-state index contributed by atoms with van der Waals surface area (Å²) in [5.41, 5.74) is 1.78. The van der Waals surface area contributed by atoms with Gasteiger partial charge in [-0.1, -0.05) is 54.1 Å². The minimum atomic E-state index is -0.715. The van der Waals surface area contributed by atoms with Gasteiger partial charge in [0.1, 0.15) is 17.5 Å². The zero-order valence-electron chi connectivity index (χ0n) is 19.4. The van der Waals surface area contributed by atoms with Crippen molar-refractivity contribution < 1.29 is 19.1 Å². The highest BCUT2D eigenvalue weighted by atomic mass is 35.5. The Balaban J connectivity index is 1.86. The van der Waals surface area contributed by atoms with Crippen molar-refractivity contribution in [3.63, 3.8) is 0 Å². The molecule has 34 heavy (non-hydrogen) atoms. The zero-order valence-corrected chi connectivity index (χ0v) is 20.1. The largest absolute Gasteiger partial charge is 0.497 e. The number of methoxy groups -OCH3 is 1. The number of rotatable bonds is 11. The highest BCUT2D eigenvalue weighted by Gasteiger charge is 2.30. The van der Waals surface area contributed by atoms with Crippen LogP contribution in [0, 0.1) is 0 Å². The number of nitrogens with zero attached hydrogens (tertiary/aromatic N) is 1. The molecule has 178 valence electrons. The summed E-state index contributed by atoms with van der Waals surface area (Å²) in [4.78, 5) is 28.1. The van der Waals surface area contributed by atoms with Crippen molar-refractivity contribution in [3.05, 3.63) is 95.0 Å². The molecule has 2 amide bonds. The summed E-state index contributed by atoms with van der Waals surface area (Å²) in [6, 6.07) is 23.2. The topological polar surface area (TPSA) is 67.9 Å². The standard InChI is InChI=1S/C27H29ClN2O4/c1-3-29-27(32)25(17-20-8-5-4-6-9-20)30(18-21-10-7-11-22(28)16-21)26(31)19-34-24-14-12-23(33-2)13-15-24/h4-16,25H,3,17-19H2,1-2H3,(H,29,32)/t25-/m0/s1. The van der Waals surface area contributed by atoms with Gasteiger partial charge in [-0.3, -0.25) is 9.59 Å². The second kappa shape index (κ2) is 12.7. The molecule has 0 aromatic heterocycles. The summed E-state index contributed by atoms with van der Waals surface area (Å²) in [5.74, 6) is 0.712. The molecular weight excluding hydrogens is 452 g/mol. The molecule has 6 nitrogen and oxygen atoms in total. The van der Waals surface area contributed by atoms with Crippen LogP contribution >= 0.6 is 11.6 Å². The molecule has 0 unspecified atom stereocenters. The van der Waals surface area contributed by atoms with Crippen LogP contribution in [0.15, 0.2) is 78.9 Å². The van der Waals surface area contributed by atoms with Crippen LogP contribution in [-0.4, -0.2) is 43.0 Å².